The molecule has 0 aliphatic heterocycles. The Morgan fingerprint density at radius 2 is 0.560 bits per heavy atom. The molecular weight excluding hydrogens is 663 g/mol. The number of benzene rings is 5. The Morgan fingerprint density at radius 3 is 0.740 bits per heavy atom. The van der Waals surface area contributed by atoms with Crippen LogP contribution in [0.2, 0.25) is 0 Å². The molecule has 0 saturated heterocycles. The van der Waals surface area contributed by atoms with E-state index in [9.17, 15) is 0 Å². The van der Waals surface area contributed by atoms with E-state index in [1.807, 2.05) is 0 Å². The smallest absolute Gasteiger partial charge is 0 e. The van der Waals surface area contributed by atoms with Gasteiger partial charge in [0.2, 0.25) is 0 Å². The summed E-state index contributed by atoms with van der Waals surface area (Å²) in [5, 5.41) is 1.06. The zero-order chi connectivity index (χ0) is 34.4. The Hall–Kier alpha value is -2.95. The Balaban J connectivity index is 0.000000275. The average Bonchev–Trinajstić information content (AvgIpc) is 3.76. The fourth-order valence-electron chi connectivity index (χ4n) is 9.83. The van der Waals surface area contributed by atoms with Gasteiger partial charge in [0.15, 0.2) is 0 Å². The maximum Gasteiger partial charge on any atom is 0 e. The monoisotopic (exact) mass is 720 g/mol. The molecule has 2 fully saturated rings. The van der Waals surface area contributed by atoms with Crippen LogP contribution in [0, 0.1) is 0 Å². The zero-order valence-corrected chi connectivity index (χ0v) is 33.0. The molecule has 2 aliphatic rings. The number of rotatable bonds is 6. The maximum absolute atomic E-state index is 2.45. The predicted octanol–water partition coefficient (Wildman–Crippen LogP) is 13.9. The summed E-state index contributed by atoms with van der Waals surface area (Å²) in [5.41, 5.74) is 8.17. The van der Waals surface area contributed by atoms with E-state index < -0.39 is 0 Å². The van der Waals surface area contributed by atoms with Crippen molar-refractivity contribution in [2.45, 2.75) is 113 Å². The Labute approximate surface area is 315 Å². The van der Waals surface area contributed by atoms with Crippen LogP contribution in [-0.2, 0) is 17.1 Å². The second-order valence-electron chi connectivity index (χ2n) is 16.3. The van der Waals surface area contributed by atoms with Gasteiger partial charge < -0.3 is 0 Å². The zero-order valence-electron chi connectivity index (χ0n) is 31.0. The van der Waals surface area contributed by atoms with Crippen LogP contribution in [0.3, 0.4) is 0 Å². The fraction of sp³-hybridized carbons (Fsp3) is 0.375. The van der Waals surface area contributed by atoms with Crippen LogP contribution in [0.15, 0.2) is 152 Å². The summed E-state index contributed by atoms with van der Waals surface area (Å²) < 4.78 is 0. The molecule has 0 amide bonds. The van der Waals surface area contributed by atoms with Gasteiger partial charge in [0.1, 0.15) is 0 Å². The van der Waals surface area contributed by atoms with Gasteiger partial charge in [-0.15, -0.1) is 0 Å². The Bertz CT molecular complexity index is 1410. The standard InChI is InChI=1S/C35H30.C13H27P.Fe/c1-6-16-26(17-7-1)31-32(27-18-8-2-9-19-27)34(29-22-12-4-13-23-29)35(30-24-14-5-15-25-30)33(31)28-20-10-3-11-21-28;1-12(2,3)14(13(4,5)6)11-9-7-8-10-11;/h1-25,31-35H;11H,7-10H2,1-6H3;. The van der Waals surface area contributed by atoms with Gasteiger partial charge in [-0.05, 0) is 86.2 Å². The van der Waals surface area contributed by atoms with E-state index in [1.54, 1.807) is 0 Å². The molecule has 0 heterocycles. The van der Waals surface area contributed by atoms with Gasteiger partial charge in [-0.25, -0.2) is 0 Å². The third-order valence-corrected chi connectivity index (χ3v) is 15.1. The molecule has 7 rings (SSSR count). The van der Waals surface area contributed by atoms with Crippen molar-refractivity contribution in [2.24, 2.45) is 0 Å². The summed E-state index contributed by atoms with van der Waals surface area (Å²) in [4.78, 5) is 0. The van der Waals surface area contributed by atoms with E-state index in [1.165, 1.54) is 53.5 Å². The van der Waals surface area contributed by atoms with Crippen molar-refractivity contribution in [2.75, 3.05) is 0 Å². The van der Waals surface area contributed by atoms with Crippen molar-refractivity contribution < 1.29 is 17.1 Å². The van der Waals surface area contributed by atoms with E-state index in [2.05, 4.69) is 193 Å². The molecule has 2 heteroatoms. The second kappa shape index (κ2) is 17.0. The van der Waals surface area contributed by atoms with E-state index in [4.69, 9.17) is 0 Å². The van der Waals surface area contributed by atoms with Crippen molar-refractivity contribution in [3.8, 4) is 0 Å². The van der Waals surface area contributed by atoms with Gasteiger partial charge >= 0.3 is 0 Å². The third kappa shape index (κ3) is 8.73. The SMILES string of the molecule is CC(C)(C)P(C1CCCC1)C(C)(C)C.[Fe].c1ccc(C2C(c3ccccc3)C(c3ccccc3)C(c3ccccc3)C2c2ccccc2)cc1. The van der Waals surface area contributed by atoms with Crippen molar-refractivity contribution in [3.05, 3.63) is 179 Å². The minimum Gasteiger partial charge on any atom is -0.0924 e. The van der Waals surface area contributed by atoms with E-state index >= 15 is 0 Å². The van der Waals surface area contributed by atoms with Crippen LogP contribution in [0.4, 0.5) is 0 Å². The predicted molar refractivity (Wildman–Crippen MR) is 215 cm³/mol. The van der Waals surface area contributed by atoms with Gasteiger partial charge in [0, 0.05) is 17.1 Å². The summed E-state index contributed by atoms with van der Waals surface area (Å²) in [6.45, 7) is 14.7. The minimum absolute atomic E-state index is 0. The molecule has 0 radical (unpaired) electrons. The molecule has 2 saturated carbocycles. The molecule has 0 N–H and O–H groups in total. The van der Waals surface area contributed by atoms with Crippen molar-refractivity contribution in [1.29, 1.82) is 0 Å². The number of hydrogen-bond acceptors (Lipinski definition) is 0. The van der Waals surface area contributed by atoms with Crippen molar-refractivity contribution in [3.63, 3.8) is 0 Å². The van der Waals surface area contributed by atoms with Crippen LogP contribution in [0.25, 0.3) is 0 Å². The first-order chi connectivity index (χ1) is 23.6. The van der Waals surface area contributed by atoms with Crippen molar-refractivity contribution >= 4 is 7.92 Å². The quantitative estimate of drug-likeness (QED) is 0.121. The third-order valence-electron chi connectivity index (χ3n) is 11.0. The van der Waals surface area contributed by atoms with Crippen LogP contribution in [0.1, 0.15) is 125 Å². The molecule has 2 aliphatic carbocycles. The summed E-state index contributed by atoms with van der Waals surface area (Å²) in [7, 11) is 0.156. The second-order valence-corrected chi connectivity index (χ2v) is 20.5. The maximum atomic E-state index is 2.45. The van der Waals surface area contributed by atoms with E-state index in [0.29, 0.717) is 39.9 Å². The molecule has 0 bridgehead atoms. The van der Waals surface area contributed by atoms with Gasteiger partial charge in [-0.1, -0.05) is 214 Å². The Morgan fingerprint density at radius 1 is 0.360 bits per heavy atom. The summed E-state index contributed by atoms with van der Waals surface area (Å²) in [5.74, 6) is 1.79. The molecular formula is C48H57FeP. The van der Waals surface area contributed by atoms with Crippen LogP contribution < -0.4 is 0 Å². The topological polar surface area (TPSA) is 0 Å². The van der Waals surface area contributed by atoms with Crippen LogP contribution in [0.5, 0.6) is 0 Å². The Kier molecular flexibility index (Phi) is 13.1. The van der Waals surface area contributed by atoms with Crippen LogP contribution in [-0.4, -0.2) is 16.0 Å². The van der Waals surface area contributed by atoms with E-state index in [-0.39, 0.29) is 25.0 Å². The first kappa shape index (κ1) is 38.3. The van der Waals surface area contributed by atoms with Gasteiger partial charge in [0.05, 0.1) is 0 Å². The molecule has 5 aromatic rings. The first-order valence-corrected chi connectivity index (χ1v) is 20.1. The normalized spacial score (nSPS) is 22.4. The summed E-state index contributed by atoms with van der Waals surface area (Å²) >= 11 is 0. The fourth-order valence-corrected chi connectivity index (χ4v) is 14.9. The largest absolute Gasteiger partial charge is 0.0924 e. The van der Waals surface area contributed by atoms with Gasteiger partial charge in [0.25, 0.3) is 0 Å². The molecule has 0 aromatic heterocycles. The van der Waals surface area contributed by atoms with Crippen molar-refractivity contribution in [1.82, 2.24) is 0 Å². The summed E-state index contributed by atoms with van der Waals surface area (Å²) in [6.07, 6.45) is 5.96. The molecule has 0 nitrogen and oxygen atoms in total. The van der Waals surface area contributed by atoms with Crippen LogP contribution >= 0.6 is 7.92 Å². The van der Waals surface area contributed by atoms with Gasteiger partial charge in [-0.3, -0.25) is 0 Å². The minimum atomic E-state index is 0. The molecule has 0 atom stereocenters. The molecule has 5 aromatic carbocycles. The molecule has 0 unspecified atom stereocenters. The summed E-state index contributed by atoms with van der Waals surface area (Å²) in [6, 6.07) is 56.1. The van der Waals surface area contributed by atoms with Gasteiger partial charge in [-0.2, -0.15) is 0 Å². The number of hydrogen-bond donors (Lipinski definition) is 0. The molecule has 0 spiro atoms. The first-order valence-electron chi connectivity index (χ1n) is 18.7. The molecule has 50 heavy (non-hydrogen) atoms. The van der Waals surface area contributed by atoms with E-state index in [0.717, 1.165) is 5.66 Å². The molecule has 262 valence electrons. The average molecular weight is 721 g/mol.